The van der Waals surface area contributed by atoms with Gasteiger partial charge in [-0.2, -0.15) is 5.26 Å². The summed E-state index contributed by atoms with van der Waals surface area (Å²) < 4.78 is 5.70. The molecule has 1 heterocycles. The van der Waals surface area contributed by atoms with E-state index in [0.717, 1.165) is 0 Å². The first-order chi connectivity index (χ1) is 11.4. The number of nitrogen functional groups attached to an aromatic ring is 1. The maximum atomic E-state index is 12.6. The Bertz CT molecular complexity index is 681. The molecule has 0 aromatic heterocycles. The van der Waals surface area contributed by atoms with Crippen LogP contribution >= 0.6 is 0 Å². The van der Waals surface area contributed by atoms with Crippen LogP contribution in [-0.2, 0) is 9.59 Å². The number of rotatable bonds is 5. The van der Waals surface area contributed by atoms with Crippen molar-refractivity contribution in [1.82, 2.24) is 10.6 Å². The van der Waals surface area contributed by atoms with E-state index in [-0.39, 0.29) is 35.8 Å². The average Bonchev–Trinajstić information content (AvgIpc) is 2.53. The van der Waals surface area contributed by atoms with Crippen molar-refractivity contribution < 1.29 is 14.3 Å². The first kappa shape index (κ1) is 17.6. The fourth-order valence-electron chi connectivity index (χ4n) is 2.68. The summed E-state index contributed by atoms with van der Waals surface area (Å²) in [6.45, 7) is 4.06. The maximum Gasteiger partial charge on any atom is 0.239 e. The van der Waals surface area contributed by atoms with E-state index >= 15 is 0 Å². The first-order valence-electron chi connectivity index (χ1n) is 7.91. The standard InChI is InChI=1S/C17H22N4O3/c1-11(2)21-16(23)17(7-4-8-20-15(17)22)10-24-14-6-3-5-13(19)12(14)9-18/h3,5-6,11H,4,7-8,10,19H2,1-2H3,(H,20,22)(H,21,23). The molecule has 1 unspecified atom stereocenters. The van der Waals surface area contributed by atoms with Crippen molar-refractivity contribution in [2.24, 2.45) is 5.41 Å². The van der Waals surface area contributed by atoms with Crippen LogP contribution in [0.2, 0.25) is 0 Å². The Morgan fingerprint density at radius 2 is 2.29 bits per heavy atom. The molecule has 0 bridgehead atoms. The van der Waals surface area contributed by atoms with Gasteiger partial charge < -0.3 is 21.1 Å². The molecule has 7 nitrogen and oxygen atoms in total. The van der Waals surface area contributed by atoms with E-state index in [4.69, 9.17) is 10.5 Å². The molecule has 1 aromatic rings. The third kappa shape index (κ3) is 3.43. The molecule has 0 radical (unpaired) electrons. The van der Waals surface area contributed by atoms with E-state index < -0.39 is 5.41 Å². The topological polar surface area (TPSA) is 117 Å². The van der Waals surface area contributed by atoms with E-state index in [1.54, 1.807) is 18.2 Å². The highest BCUT2D eigenvalue weighted by Crippen LogP contribution is 2.31. The number of ether oxygens (including phenoxy) is 1. The van der Waals surface area contributed by atoms with Gasteiger partial charge in [0.2, 0.25) is 11.8 Å². The summed E-state index contributed by atoms with van der Waals surface area (Å²) in [6, 6.07) is 6.75. The molecule has 1 aliphatic rings. The Kier molecular flexibility index (Phi) is 5.29. The summed E-state index contributed by atoms with van der Waals surface area (Å²) in [5, 5.41) is 14.7. The molecule has 24 heavy (non-hydrogen) atoms. The summed E-state index contributed by atoms with van der Waals surface area (Å²) in [7, 11) is 0. The van der Waals surface area contributed by atoms with Crippen molar-refractivity contribution in [2.75, 3.05) is 18.9 Å². The van der Waals surface area contributed by atoms with Crippen molar-refractivity contribution in [3.8, 4) is 11.8 Å². The van der Waals surface area contributed by atoms with Gasteiger partial charge in [0, 0.05) is 12.6 Å². The molecule has 7 heteroatoms. The predicted molar refractivity (Wildman–Crippen MR) is 89.0 cm³/mol. The SMILES string of the molecule is CC(C)NC(=O)C1(COc2cccc(N)c2C#N)CCCNC1=O. The summed E-state index contributed by atoms with van der Waals surface area (Å²) in [6.07, 6.45) is 1.07. The highest BCUT2D eigenvalue weighted by Gasteiger charge is 2.48. The van der Waals surface area contributed by atoms with Crippen LogP contribution < -0.4 is 21.1 Å². The first-order valence-corrected chi connectivity index (χ1v) is 7.91. The number of nitrogens with two attached hydrogens (primary N) is 1. The fourth-order valence-corrected chi connectivity index (χ4v) is 2.68. The molecule has 1 saturated heterocycles. The lowest BCUT2D eigenvalue weighted by Crippen LogP contribution is -2.58. The number of amides is 2. The number of anilines is 1. The number of hydrogen-bond acceptors (Lipinski definition) is 5. The quantitative estimate of drug-likeness (QED) is 0.548. The van der Waals surface area contributed by atoms with E-state index in [1.807, 2.05) is 19.9 Å². The molecule has 1 aliphatic heterocycles. The van der Waals surface area contributed by atoms with Crippen molar-refractivity contribution in [3.63, 3.8) is 0 Å². The van der Waals surface area contributed by atoms with Gasteiger partial charge in [-0.1, -0.05) is 6.07 Å². The molecule has 0 saturated carbocycles. The van der Waals surface area contributed by atoms with Crippen molar-refractivity contribution >= 4 is 17.5 Å². The molecule has 128 valence electrons. The highest BCUT2D eigenvalue weighted by molar-refractivity contribution is 6.05. The number of benzene rings is 1. The number of piperidine rings is 1. The second kappa shape index (κ2) is 7.21. The molecule has 1 atom stereocenters. The van der Waals surface area contributed by atoms with Crippen LogP contribution in [0.3, 0.4) is 0 Å². The summed E-state index contributed by atoms with van der Waals surface area (Å²) >= 11 is 0. The van der Waals surface area contributed by atoms with E-state index in [1.165, 1.54) is 0 Å². The molecule has 1 fully saturated rings. The number of carbonyl (C=O) groups is 2. The van der Waals surface area contributed by atoms with Gasteiger partial charge in [-0.25, -0.2) is 0 Å². The third-order valence-corrected chi connectivity index (χ3v) is 4.00. The van der Waals surface area contributed by atoms with Crippen LogP contribution in [0.1, 0.15) is 32.3 Å². The summed E-state index contributed by atoms with van der Waals surface area (Å²) in [5.41, 5.74) is 4.96. The van der Waals surface area contributed by atoms with Crippen LogP contribution in [0.25, 0.3) is 0 Å². The minimum absolute atomic E-state index is 0.0915. The Hall–Kier alpha value is -2.75. The van der Waals surface area contributed by atoms with Crippen molar-refractivity contribution in [3.05, 3.63) is 23.8 Å². The minimum Gasteiger partial charge on any atom is -0.490 e. The monoisotopic (exact) mass is 330 g/mol. The number of nitriles is 1. The summed E-state index contributed by atoms with van der Waals surface area (Å²) in [5.74, 6) is -0.445. The minimum atomic E-state index is -1.31. The lowest BCUT2D eigenvalue weighted by atomic mass is 9.79. The zero-order valence-corrected chi connectivity index (χ0v) is 13.9. The third-order valence-electron chi connectivity index (χ3n) is 4.00. The Balaban J connectivity index is 2.27. The van der Waals surface area contributed by atoms with Crippen LogP contribution in [0.4, 0.5) is 5.69 Å². The Morgan fingerprint density at radius 3 is 2.92 bits per heavy atom. The van der Waals surface area contributed by atoms with E-state index in [0.29, 0.717) is 25.1 Å². The van der Waals surface area contributed by atoms with Crippen molar-refractivity contribution in [1.29, 1.82) is 5.26 Å². The average molecular weight is 330 g/mol. The zero-order chi connectivity index (χ0) is 17.7. The van der Waals surface area contributed by atoms with Crippen LogP contribution in [-0.4, -0.2) is 31.0 Å². The van der Waals surface area contributed by atoms with Gasteiger partial charge in [0.05, 0.1) is 5.69 Å². The smallest absolute Gasteiger partial charge is 0.239 e. The number of nitrogens with zero attached hydrogens (tertiary/aromatic N) is 1. The molecule has 2 amide bonds. The Labute approximate surface area is 141 Å². The van der Waals surface area contributed by atoms with Gasteiger partial charge >= 0.3 is 0 Å². The van der Waals surface area contributed by atoms with Gasteiger partial charge in [0.1, 0.15) is 24.0 Å². The lowest BCUT2D eigenvalue weighted by molar-refractivity contribution is -0.148. The number of nitrogens with one attached hydrogen (secondary N) is 2. The molecular weight excluding hydrogens is 308 g/mol. The second-order valence-electron chi connectivity index (χ2n) is 6.19. The number of hydrogen-bond donors (Lipinski definition) is 3. The van der Waals surface area contributed by atoms with Crippen LogP contribution in [0.15, 0.2) is 18.2 Å². The van der Waals surface area contributed by atoms with Crippen LogP contribution in [0.5, 0.6) is 5.75 Å². The maximum absolute atomic E-state index is 12.6. The molecule has 0 aliphatic carbocycles. The van der Waals surface area contributed by atoms with Gasteiger partial charge in [-0.15, -0.1) is 0 Å². The highest BCUT2D eigenvalue weighted by atomic mass is 16.5. The second-order valence-corrected chi connectivity index (χ2v) is 6.19. The molecule has 0 spiro atoms. The lowest BCUT2D eigenvalue weighted by Gasteiger charge is -2.35. The summed E-state index contributed by atoms with van der Waals surface area (Å²) in [4.78, 5) is 25.1. The molecular formula is C17H22N4O3. The molecule has 2 rings (SSSR count). The fraction of sp³-hybridized carbons (Fsp3) is 0.471. The molecule has 4 N–H and O–H groups in total. The predicted octanol–water partition coefficient (Wildman–Crippen LogP) is 0.940. The van der Waals surface area contributed by atoms with Crippen LogP contribution in [0, 0.1) is 16.7 Å². The zero-order valence-electron chi connectivity index (χ0n) is 13.9. The van der Waals surface area contributed by atoms with Crippen molar-refractivity contribution in [2.45, 2.75) is 32.7 Å². The molecule has 1 aromatic carbocycles. The largest absolute Gasteiger partial charge is 0.490 e. The normalized spacial score (nSPS) is 20.2. The number of carbonyl (C=O) groups excluding carboxylic acids is 2. The Morgan fingerprint density at radius 1 is 1.54 bits per heavy atom. The van der Waals surface area contributed by atoms with Gasteiger partial charge in [-0.3, -0.25) is 9.59 Å². The van der Waals surface area contributed by atoms with Gasteiger partial charge in [-0.05, 0) is 38.8 Å². The van der Waals surface area contributed by atoms with Gasteiger partial charge in [0.15, 0.2) is 5.41 Å². The van der Waals surface area contributed by atoms with Gasteiger partial charge in [0.25, 0.3) is 0 Å². The van der Waals surface area contributed by atoms with E-state index in [2.05, 4.69) is 10.6 Å². The van der Waals surface area contributed by atoms with E-state index in [9.17, 15) is 14.9 Å².